The van der Waals surface area contributed by atoms with Crippen LogP contribution in [0.5, 0.6) is 0 Å². The van der Waals surface area contributed by atoms with Crippen LogP contribution in [0.4, 0.5) is 13.2 Å². The quantitative estimate of drug-likeness (QED) is 0.629. The molecule has 0 aliphatic carbocycles. The van der Waals surface area contributed by atoms with Gasteiger partial charge in [-0.15, -0.1) is 0 Å². The highest BCUT2D eigenvalue weighted by Crippen LogP contribution is 2.33. The largest absolute Gasteiger partial charge is 0.416 e. The number of amides is 1. The first-order chi connectivity index (χ1) is 13.7. The first-order valence-electron chi connectivity index (χ1n) is 9.40. The lowest BCUT2D eigenvalue weighted by Crippen LogP contribution is -2.36. The molecule has 0 radical (unpaired) electrons. The molecule has 0 saturated carbocycles. The standard InChI is InChI=1S/C23H23F3N2O/c1-15(12-13-27)28(2)22(29)18-8-11-21-17(14-18)4-3-5-20(21)16-6-9-19(10-7-16)23(24,25)26/h3-11,14-15H,12-13,27H2,1-2H3/t15-/m0/s1. The van der Waals surface area contributed by atoms with Crippen LogP contribution in [0.2, 0.25) is 0 Å². The number of nitrogens with two attached hydrogens (primary N) is 1. The van der Waals surface area contributed by atoms with Crippen molar-refractivity contribution >= 4 is 16.7 Å². The molecule has 0 aromatic heterocycles. The summed E-state index contributed by atoms with van der Waals surface area (Å²) in [5.41, 5.74) is 6.98. The van der Waals surface area contributed by atoms with Crippen LogP contribution in [0.25, 0.3) is 21.9 Å². The van der Waals surface area contributed by atoms with Crippen molar-refractivity contribution in [3.05, 3.63) is 71.8 Å². The zero-order valence-electron chi connectivity index (χ0n) is 16.3. The highest BCUT2D eigenvalue weighted by molar-refractivity contribution is 6.02. The van der Waals surface area contributed by atoms with Gasteiger partial charge in [0.2, 0.25) is 0 Å². The van der Waals surface area contributed by atoms with Crippen LogP contribution in [0.3, 0.4) is 0 Å². The molecule has 152 valence electrons. The first kappa shape index (κ1) is 20.9. The molecule has 0 saturated heterocycles. The van der Waals surface area contributed by atoms with Gasteiger partial charge in [-0.25, -0.2) is 0 Å². The number of nitrogens with zero attached hydrogens (tertiary/aromatic N) is 1. The molecule has 3 nitrogen and oxygen atoms in total. The van der Waals surface area contributed by atoms with Gasteiger partial charge < -0.3 is 10.6 Å². The second kappa shape index (κ2) is 8.25. The molecule has 0 spiro atoms. The molecule has 1 amide bonds. The summed E-state index contributed by atoms with van der Waals surface area (Å²) in [6, 6.07) is 16.1. The molecular weight excluding hydrogens is 377 g/mol. The van der Waals surface area contributed by atoms with E-state index in [2.05, 4.69) is 0 Å². The molecule has 3 aromatic rings. The second-order valence-corrected chi connectivity index (χ2v) is 7.16. The van der Waals surface area contributed by atoms with Gasteiger partial charge in [-0.05, 0) is 66.1 Å². The van der Waals surface area contributed by atoms with Crippen LogP contribution >= 0.6 is 0 Å². The minimum absolute atomic E-state index is 0.0293. The van der Waals surface area contributed by atoms with E-state index >= 15 is 0 Å². The number of halogens is 3. The lowest BCUT2D eigenvalue weighted by atomic mass is 9.96. The van der Waals surface area contributed by atoms with E-state index in [1.165, 1.54) is 12.1 Å². The Hall–Kier alpha value is -2.86. The number of hydrogen-bond acceptors (Lipinski definition) is 2. The van der Waals surface area contributed by atoms with Crippen molar-refractivity contribution in [1.82, 2.24) is 4.90 Å². The van der Waals surface area contributed by atoms with Crippen molar-refractivity contribution in [2.75, 3.05) is 13.6 Å². The Morgan fingerprint density at radius 1 is 1.07 bits per heavy atom. The molecule has 29 heavy (non-hydrogen) atoms. The van der Waals surface area contributed by atoms with Crippen LogP contribution in [-0.4, -0.2) is 30.4 Å². The Balaban J connectivity index is 1.96. The van der Waals surface area contributed by atoms with Gasteiger partial charge >= 0.3 is 6.18 Å². The third-order valence-electron chi connectivity index (χ3n) is 5.22. The summed E-state index contributed by atoms with van der Waals surface area (Å²) in [7, 11) is 1.76. The fourth-order valence-electron chi connectivity index (χ4n) is 3.35. The maximum absolute atomic E-state index is 12.8. The number of alkyl halides is 3. The van der Waals surface area contributed by atoms with Gasteiger partial charge in [0, 0.05) is 18.7 Å². The lowest BCUT2D eigenvalue weighted by molar-refractivity contribution is -0.137. The van der Waals surface area contributed by atoms with Crippen molar-refractivity contribution in [2.45, 2.75) is 25.6 Å². The number of benzene rings is 3. The van der Waals surface area contributed by atoms with E-state index in [0.717, 1.165) is 28.5 Å². The van der Waals surface area contributed by atoms with Crippen molar-refractivity contribution in [2.24, 2.45) is 5.73 Å². The summed E-state index contributed by atoms with van der Waals surface area (Å²) < 4.78 is 38.5. The third kappa shape index (κ3) is 4.43. The molecule has 0 unspecified atom stereocenters. The molecule has 2 N–H and O–H groups in total. The van der Waals surface area contributed by atoms with Crippen molar-refractivity contribution in [3.8, 4) is 11.1 Å². The molecule has 3 aromatic carbocycles. The monoisotopic (exact) mass is 400 g/mol. The average molecular weight is 400 g/mol. The fourth-order valence-corrected chi connectivity index (χ4v) is 3.35. The van der Waals surface area contributed by atoms with Gasteiger partial charge in [-0.3, -0.25) is 4.79 Å². The molecule has 0 aliphatic heterocycles. The lowest BCUT2D eigenvalue weighted by Gasteiger charge is -2.24. The van der Waals surface area contributed by atoms with Gasteiger partial charge in [-0.2, -0.15) is 13.2 Å². The summed E-state index contributed by atoms with van der Waals surface area (Å²) in [6.45, 7) is 2.46. The van der Waals surface area contributed by atoms with E-state index in [-0.39, 0.29) is 11.9 Å². The number of fused-ring (bicyclic) bond motifs is 1. The Kier molecular flexibility index (Phi) is 5.94. The molecule has 0 bridgehead atoms. The molecule has 1 atom stereocenters. The maximum atomic E-state index is 12.8. The zero-order chi connectivity index (χ0) is 21.2. The molecular formula is C23H23F3N2O. The van der Waals surface area contributed by atoms with Gasteiger partial charge in [0.05, 0.1) is 5.56 Å². The zero-order valence-corrected chi connectivity index (χ0v) is 16.3. The van der Waals surface area contributed by atoms with E-state index < -0.39 is 11.7 Å². The smallest absolute Gasteiger partial charge is 0.339 e. The third-order valence-corrected chi connectivity index (χ3v) is 5.22. The van der Waals surface area contributed by atoms with E-state index in [4.69, 9.17) is 5.73 Å². The van der Waals surface area contributed by atoms with Crippen molar-refractivity contribution in [3.63, 3.8) is 0 Å². The fraction of sp³-hybridized carbons (Fsp3) is 0.261. The number of carbonyl (C=O) groups is 1. The summed E-state index contributed by atoms with van der Waals surface area (Å²) in [5.74, 6) is -0.0900. The summed E-state index contributed by atoms with van der Waals surface area (Å²) in [4.78, 5) is 14.4. The summed E-state index contributed by atoms with van der Waals surface area (Å²) in [6.07, 6.45) is -3.65. The number of hydrogen-bond donors (Lipinski definition) is 1. The Bertz CT molecular complexity index is 1010. The van der Waals surface area contributed by atoms with Gasteiger partial charge in [-0.1, -0.05) is 36.4 Å². The summed E-state index contributed by atoms with van der Waals surface area (Å²) >= 11 is 0. The normalized spacial score (nSPS) is 12.8. The first-order valence-corrected chi connectivity index (χ1v) is 9.40. The van der Waals surface area contributed by atoms with Crippen LogP contribution < -0.4 is 5.73 Å². The minimum atomic E-state index is -4.36. The van der Waals surface area contributed by atoms with Crippen LogP contribution in [-0.2, 0) is 6.18 Å². The predicted octanol–water partition coefficient (Wildman–Crippen LogP) is 5.33. The minimum Gasteiger partial charge on any atom is -0.339 e. The number of carbonyl (C=O) groups excluding carboxylic acids is 1. The molecule has 6 heteroatoms. The van der Waals surface area contributed by atoms with Crippen LogP contribution in [0.1, 0.15) is 29.3 Å². The highest BCUT2D eigenvalue weighted by Gasteiger charge is 2.30. The van der Waals surface area contributed by atoms with E-state index in [9.17, 15) is 18.0 Å². The molecule has 0 fully saturated rings. The van der Waals surface area contributed by atoms with E-state index in [1.807, 2.05) is 37.3 Å². The Labute approximate surface area is 167 Å². The van der Waals surface area contributed by atoms with E-state index in [1.54, 1.807) is 18.0 Å². The van der Waals surface area contributed by atoms with Gasteiger partial charge in [0.25, 0.3) is 5.91 Å². The second-order valence-electron chi connectivity index (χ2n) is 7.16. The van der Waals surface area contributed by atoms with Crippen molar-refractivity contribution in [1.29, 1.82) is 0 Å². The SMILES string of the molecule is C[C@@H](CCN)N(C)C(=O)c1ccc2c(-c3ccc(C(F)(F)F)cc3)cccc2c1. The molecule has 0 heterocycles. The maximum Gasteiger partial charge on any atom is 0.416 e. The Morgan fingerprint density at radius 3 is 2.38 bits per heavy atom. The van der Waals surface area contributed by atoms with Gasteiger partial charge in [0.15, 0.2) is 0 Å². The van der Waals surface area contributed by atoms with Crippen molar-refractivity contribution < 1.29 is 18.0 Å². The topological polar surface area (TPSA) is 46.3 Å². The Morgan fingerprint density at radius 2 is 1.76 bits per heavy atom. The van der Waals surface area contributed by atoms with Crippen LogP contribution in [0, 0.1) is 0 Å². The predicted molar refractivity (Wildman–Crippen MR) is 110 cm³/mol. The average Bonchev–Trinajstić information content (AvgIpc) is 2.71. The summed E-state index contributed by atoms with van der Waals surface area (Å²) in [5, 5.41) is 1.73. The number of rotatable bonds is 5. The van der Waals surface area contributed by atoms with E-state index in [0.29, 0.717) is 24.1 Å². The van der Waals surface area contributed by atoms with Gasteiger partial charge in [0.1, 0.15) is 0 Å². The highest BCUT2D eigenvalue weighted by atomic mass is 19.4. The molecule has 3 rings (SSSR count). The van der Waals surface area contributed by atoms with Crippen LogP contribution in [0.15, 0.2) is 60.7 Å². The molecule has 0 aliphatic rings.